The van der Waals surface area contributed by atoms with Gasteiger partial charge in [0, 0.05) is 19.3 Å². The van der Waals surface area contributed by atoms with Gasteiger partial charge in [-0.25, -0.2) is 0 Å². The van der Waals surface area contributed by atoms with Crippen molar-refractivity contribution >= 4 is 17.9 Å². The molecule has 0 spiro atoms. The molecule has 488 valence electrons. The lowest BCUT2D eigenvalue weighted by Gasteiger charge is -2.18. The van der Waals surface area contributed by atoms with Gasteiger partial charge in [-0.3, -0.25) is 14.4 Å². The van der Waals surface area contributed by atoms with Crippen LogP contribution in [0.25, 0.3) is 0 Å². The van der Waals surface area contributed by atoms with Crippen LogP contribution in [0.1, 0.15) is 419 Å². The molecule has 0 rings (SSSR count). The van der Waals surface area contributed by atoms with Crippen LogP contribution in [0.4, 0.5) is 0 Å². The van der Waals surface area contributed by atoms with Gasteiger partial charge in [0.25, 0.3) is 0 Å². The number of carbonyl (C=O) groups excluding carboxylic acids is 3. The normalized spacial score (nSPS) is 12.2. The third-order valence-corrected chi connectivity index (χ3v) is 17.1. The van der Waals surface area contributed by atoms with E-state index in [0.29, 0.717) is 19.3 Å². The van der Waals surface area contributed by atoms with Crippen LogP contribution >= 0.6 is 0 Å². The first-order valence-corrected chi connectivity index (χ1v) is 37.5. The van der Waals surface area contributed by atoms with E-state index >= 15 is 0 Å². The van der Waals surface area contributed by atoms with Gasteiger partial charge in [-0.15, -0.1) is 0 Å². The largest absolute Gasteiger partial charge is 0.462 e. The molecule has 6 heteroatoms. The van der Waals surface area contributed by atoms with Crippen molar-refractivity contribution in [3.8, 4) is 0 Å². The Bertz CT molecular complexity index is 1380. The van der Waals surface area contributed by atoms with E-state index in [9.17, 15) is 14.4 Å². The van der Waals surface area contributed by atoms with Gasteiger partial charge < -0.3 is 14.2 Å². The van der Waals surface area contributed by atoms with Crippen molar-refractivity contribution in [2.24, 2.45) is 0 Å². The third-order valence-electron chi connectivity index (χ3n) is 17.1. The molecule has 0 saturated heterocycles. The van der Waals surface area contributed by atoms with Crippen LogP contribution in [0.5, 0.6) is 0 Å². The third kappa shape index (κ3) is 70.3. The molecule has 0 radical (unpaired) electrons. The van der Waals surface area contributed by atoms with Gasteiger partial charge in [0.2, 0.25) is 0 Å². The molecular weight excluding hydrogens is 1020 g/mol. The predicted molar refractivity (Wildman–Crippen MR) is 362 cm³/mol. The molecule has 0 amide bonds. The lowest BCUT2D eigenvalue weighted by molar-refractivity contribution is -0.167. The topological polar surface area (TPSA) is 78.9 Å². The van der Waals surface area contributed by atoms with Gasteiger partial charge in [0.15, 0.2) is 6.10 Å². The predicted octanol–water partition coefficient (Wildman–Crippen LogP) is 25.9. The fourth-order valence-electron chi connectivity index (χ4n) is 11.5. The van der Waals surface area contributed by atoms with E-state index in [1.807, 2.05) is 0 Å². The lowest BCUT2D eigenvalue weighted by atomic mass is 10.0. The molecule has 0 N–H and O–H groups in total. The number of allylic oxidation sites excluding steroid dienone is 6. The fraction of sp³-hybridized carbons (Fsp3) is 0.883. The standard InChI is InChI=1S/C77H144O6/c1-4-7-10-13-16-19-22-25-28-31-34-35-36-37-38-39-40-41-42-43-44-47-49-52-55-58-61-64-67-70-76(79)82-73-74(83-77(80)71-68-65-62-59-56-53-50-46-33-30-27-24-21-18-15-12-9-6-3)72-81-75(78)69-66-63-60-57-54-51-48-45-32-29-26-23-20-17-14-11-8-5-2/h22,25,31,34,36-37,74H,4-21,23-24,26-30,32-33,35,38-73H2,1-3H3/b25-22-,34-31-,37-36-. The molecule has 0 aliphatic heterocycles. The first-order chi connectivity index (χ1) is 41.0. The Balaban J connectivity index is 4.24. The summed E-state index contributed by atoms with van der Waals surface area (Å²) in [6.07, 6.45) is 90.4. The van der Waals surface area contributed by atoms with Crippen molar-refractivity contribution in [1.82, 2.24) is 0 Å². The Labute approximate surface area is 518 Å². The molecule has 0 aliphatic carbocycles. The van der Waals surface area contributed by atoms with Crippen LogP contribution < -0.4 is 0 Å². The average Bonchev–Trinajstić information content (AvgIpc) is 3.49. The van der Waals surface area contributed by atoms with Crippen LogP contribution in [0.3, 0.4) is 0 Å². The second kappa shape index (κ2) is 72.1. The number of hydrogen-bond donors (Lipinski definition) is 0. The zero-order valence-corrected chi connectivity index (χ0v) is 56.2. The lowest BCUT2D eigenvalue weighted by Crippen LogP contribution is -2.30. The van der Waals surface area contributed by atoms with Gasteiger partial charge in [0.1, 0.15) is 13.2 Å². The molecule has 0 saturated carbocycles. The van der Waals surface area contributed by atoms with Crippen LogP contribution in [0, 0.1) is 0 Å². The van der Waals surface area contributed by atoms with E-state index in [2.05, 4.69) is 57.2 Å². The second-order valence-electron chi connectivity index (χ2n) is 25.6. The van der Waals surface area contributed by atoms with Crippen LogP contribution in [-0.4, -0.2) is 37.2 Å². The number of esters is 3. The summed E-state index contributed by atoms with van der Waals surface area (Å²) < 4.78 is 17.0. The molecule has 0 bridgehead atoms. The highest BCUT2D eigenvalue weighted by Crippen LogP contribution is 2.19. The minimum Gasteiger partial charge on any atom is -0.462 e. The van der Waals surface area contributed by atoms with Crippen molar-refractivity contribution in [3.05, 3.63) is 36.5 Å². The molecule has 0 aliphatic rings. The number of rotatable bonds is 70. The number of unbranched alkanes of at least 4 members (excludes halogenated alkanes) is 53. The minimum atomic E-state index is -0.769. The van der Waals surface area contributed by atoms with Crippen molar-refractivity contribution in [3.63, 3.8) is 0 Å². The van der Waals surface area contributed by atoms with Crippen molar-refractivity contribution in [1.29, 1.82) is 0 Å². The molecule has 6 nitrogen and oxygen atoms in total. The summed E-state index contributed by atoms with van der Waals surface area (Å²) in [5, 5.41) is 0. The molecule has 0 aromatic heterocycles. The Morgan fingerprint density at radius 2 is 0.434 bits per heavy atom. The highest BCUT2D eigenvalue weighted by atomic mass is 16.6. The summed E-state index contributed by atoms with van der Waals surface area (Å²) in [7, 11) is 0. The van der Waals surface area contributed by atoms with E-state index in [0.717, 1.165) is 70.6 Å². The number of carbonyl (C=O) groups is 3. The van der Waals surface area contributed by atoms with E-state index in [1.165, 1.54) is 308 Å². The van der Waals surface area contributed by atoms with Crippen LogP contribution in [-0.2, 0) is 28.6 Å². The van der Waals surface area contributed by atoms with Crippen molar-refractivity contribution in [2.75, 3.05) is 13.2 Å². The van der Waals surface area contributed by atoms with Crippen LogP contribution in [0.2, 0.25) is 0 Å². The molecule has 0 aromatic carbocycles. The Hall–Kier alpha value is -2.37. The summed E-state index contributed by atoms with van der Waals surface area (Å²) in [6, 6.07) is 0. The summed E-state index contributed by atoms with van der Waals surface area (Å²) in [5.74, 6) is -0.829. The van der Waals surface area contributed by atoms with Gasteiger partial charge in [-0.05, 0) is 57.8 Å². The maximum absolute atomic E-state index is 13.0. The maximum atomic E-state index is 13.0. The summed E-state index contributed by atoms with van der Waals surface area (Å²) in [5.41, 5.74) is 0. The summed E-state index contributed by atoms with van der Waals surface area (Å²) >= 11 is 0. The van der Waals surface area contributed by atoms with Gasteiger partial charge in [-0.2, -0.15) is 0 Å². The van der Waals surface area contributed by atoms with Gasteiger partial charge >= 0.3 is 17.9 Å². The minimum absolute atomic E-state index is 0.0646. The zero-order valence-electron chi connectivity index (χ0n) is 56.2. The Morgan fingerprint density at radius 1 is 0.241 bits per heavy atom. The first-order valence-electron chi connectivity index (χ1n) is 37.5. The molecule has 1 unspecified atom stereocenters. The smallest absolute Gasteiger partial charge is 0.306 e. The van der Waals surface area contributed by atoms with Crippen LogP contribution in [0.15, 0.2) is 36.5 Å². The molecule has 0 fully saturated rings. The molecule has 0 aromatic rings. The van der Waals surface area contributed by atoms with Crippen molar-refractivity contribution in [2.45, 2.75) is 425 Å². The highest BCUT2D eigenvalue weighted by molar-refractivity contribution is 5.71. The quantitative estimate of drug-likeness (QED) is 0.0261. The van der Waals surface area contributed by atoms with Gasteiger partial charge in [0.05, 0.1) is 0 Å². The monoisotopic (exact) mass is 1170 g/mol. The number of hydrogen-bond acceptors (Lipinski definition) is 6. The zero-order chi connectivity index (χ0) is 59.9. The molecule has 83 heavy (non-hydrogen) atoms. The second-order valence-corrected chi connectivity index (χ2v) is 25.6. The Morgan fingerprint density at radius 3 is 0.675 bits per heavy atom. The Kier molecular flexibility index (Phi) is 70.0. The fourth-order valence-corrected chi connectivity index (χ4v) is 11.5. The van der Waals surface area contributed by atoms with Crippen molar-refractivity contribution < 1.29 is 28.6 Å². The van der Waals surface area contributed by atoms with E-state index in [4.69, 9.17) is 14.2 Å². The average molecular weight is 1170 g/mol. The SMILES string of the molecule is CCCCCCC/C=C\C/C=C\C/C=C\CCCCCCCCCCCCCCCCC(=O)OCC(COC(=O)CCCCCCCCCCCCCCCCCCCC)OC(=O)CCCCCCCCCCCCCCCCCCCC. The van der Waals surface area contributed by atoms with E-state index in [1.54, 1.807) is 0 Å². The van der Waals surface area contributed by atoms with E-state index in [-0.39, 0.29) is 31.1 Å². The number of ether oxygens (including phenoxy) is 3. The first kappa shape index (κ1) is 80.6. The molecule has 1 atom stereocenters. The van der Waals surface area contributed by atoms with E-state index < -0.39 is 6.10 Å². The summed E-state index contributed by atoms with van der Waals surface area (Å²) in [4.78, 5) is 38.5. The highest BCUT2D eigenvalue weighted by Gasteiger charge is 2.20. The van der Waals surface area contributed by atoms with Gasteiger partial charge in [-0.1, -0.05) is 378 Å². The molecule has 0 heterocycles. The summed E-state index contributed by atoms with van der Waals surface area (Å²) in [6.45, 7) is 6.72. The maximum Gasteiger partial charge on any atom is 0.306 e. The molecular formula is C77H144O6.